The summed E-state index contributed by atoms with van der Waals surface area (Å²) in [5.41, 5.74) is 13.8. The maximum atomic E-state index is 5.26. The summed E-state index contributed by atoms with van der Waals surface area (Å²) in [5, 5.41) is 7.66. The molecule has 0 atom stereocenters. The van der Waals surface area contributed by atoms with Crippen molar-refractivity contribution in [2.75, 3.05) is 0 Å². The van der Waals surface area contributed by atoms with E-state index in [1.54, 1.807) is 0 Å². The topological polar surface area (TPSA) is 76.8 Å². The maximum absolute atomic E-state index is 5.26. The fraction of sp³-hybridized carbons (Fsp3) is 0.467. The van der Waals surface area contributed by atoms with Crippen molar-refractivity contribution in [3.8, 4) is 0 Å². The minimum absolute atomic E-state index is 0.0156. The van der Waals surface area contributed by atoms with Crippen molar-refractivity contribution in [2.24, 2.45) is 21.7 Å². The van der Waals surface area contributed by atoms with E-state index in [0.29, 0.717) is 0 Å². The monoisotopic (exact) mass is 258 g/mol. The van der Waals surface area contributed by atoms with Crippen LogP contribution in [-0.2, 0) is 0 Å². The highest BCUT2D eigenvalue weighted by Crippen LogP contribution is 2.32. The largest absolute Gasteiger partial charge is 0.369 e. The molecule has 0 bridgehead atoms. The van der Waals surface area contributed by atoms with Gasteiger partial charge in [-0.3, -0.25) is 0 Å². The summed E-state index contributed by atoms with van der Waals surface area (Å²) in [7, 11) is 0. The summed E-state index contributed by atoms with van der Waals surface area (Å²) in [6.45, 7) is 1.90. The number of rotatable bonds is 3. The van der Waals surface area contributed by atoms with Crippen molar-refractivity contribution in [3.05, 3.63) is 35.4 Å². The van der Waals surface area contributed by atoms with Gasteiger partial charge >= 0.3 is 0 Å². The first-order valence-electron chi connectivity index (χ1n) is 6.90. The predicted octanol–water partition coefficient (Wildman–Crippen LogP) is 2.73. The molecule has 2 rings (SSSR count). The Hall–Kier alpha value is -1.84. The molecule has 0 aromatic heterocycles. The van der Waals surface area contributed by atoms with Crippen molar-refractivity contribution in [3.63, 3.8) is 0 Å². The van der Waals surface area contributed by atoms with Crippen LogP contribution in [0.2, 0.25) is 0 Å². The van der Waals surface area contributed by atoms with Crippen LogP contribution in [0.15, 0.2) is 34.5 Å². The molecule has 0 heterocycles. The van der Waals surface area contributed by atoms with Gasteiger partial charge in [-0.2, -0.15) is 5.10 Å². The van der Waals surface area contributed by atoms with E-state index in [1.807, 2.05) is 6.92 Å². The molecule has 1 aromatic carbocycles. The van der Waals surface area contributed by atoms with Crippen LogP contribution in [0.4, 0.5) is 0 Å². The Morgan fingerprint density at radius 2 is 1.63 bits per heavy atom. The van der Waals surface area contributed by atoms with Crippen LogP contribution in [0.1, 0.15) is 56.1 Å². The van der Waals surface area contributed by atoms with Crippen LogP contribution in [0.5, 0.6) is 0 Å². The van der Waals surface area contributed by atoms with Gasteiger partial charge in [0, 0.05) is 0 Å². The van der Waals surface area contributed by atoms with Crippen LogP contribution < -0.4 is 11.5 Å². The van der Waals surface area contributed by atoms with Crippen molar-refractivity contribution in [2.45, 2.75) is 44.9 Å². The number of benzene rings is 1. The second kappa shape index (κ2) is 6.36. The smallest absolute Gasteiger partial charge is 0.211 e. The molecular formula is C15H22N4. The molecule has 0 aliphatic heterocycles. The minimum atomic E-state index is -0.0156. The van der Waals surface area contributed by atoms with Crippen LogP contribution in [-0.4, -0.2) is 11.7 Å². The van der Waals surface area contributed by atoms with Crippen molar-refractivity contribution >= 4 is 11.7 Å². The first kappa shape index (κ1) is 13.6. The number of hydrogen-bond donors (Lipinski definition) is 2. The third-order valence-electron chi connectivity index (χ3n) is 3.72. The van der Waals surface area contributed by atoms with Gasteiger partial charge in [-0.05, 0) is 36.8 Å². The standard InChI is InChI=1S/C15H22N4/c1-11(18-19-15(16)17)12-7-9-14(10-8-12)13-5-3-2-4-6-13/h7-10,13H,2-6H2,1H3,(H4,16,17,19). The average molecular weight is 258 g/mol. The summed E-state index contributed by atoms with van der Waals surface area (Å²) in [4.78, 5) is 0. The van der Waals surface area contributed by atoms with E-state index in [4.69, 9.17) is 11.5 Å². The average Bonchev–Trinajstić information content (AvgIpc) is 2.46. The Morgan fingerprint density at radius 1 is 1.00 bits per heavy atom. The summed E-state index contributed by atoms with van der Waals surface area (Å²) >= 11 is 0. The second-order valence-electron chi connectivity index (χ2n) is 5.17. The normalized spacial score (nSPS) is 17.2. The molecule has 1 aliphatic rings. The molecule has 1 saturated carbocycles. The lowest BCUT2D eigenvalue weighted by Crippen LogP contribution is -2.22. The molecule has 1 aromatic rings. The van der Waals surface area contributed by atoms with Gasteiger partial charge in [-0.1, -0.05) is 43.5 Å². The Morgan fingerprint density at radius 3 is 2.21 bits per heavy atom. The number of guanidine groups is 1. The van der Waals surface area contributed by atoms with Crippen molar-refractivity contribution < 1.29 is 0 Å². The van der Waals surface area contributed by atoms with Crippen molar-refractivity contribution in [1.29, 1.82) is 0 Å². The molecule has 4 N–H and O–H groups in total. The van der Waals surface area contributed by atoms with E-state index in [0.717, 1.165) is 17.2 Å². The number of nitrogens with two attached hydrogens (primary N) is 2. The highest BCUT2D eigenvalue weighted by molar-refractivity contribution is 5.99. The molecule has 0 amide bonds. The summed E-state index contributed by atoms with van der Waals surface area (Å²) < 4.78 is 0. The molecule has 0 radical (unpaired) electrons. The molecule has 4 nitrogen and oxygen atoms in total. The Labute approximate surface area is 114 Å². The highest BCUT2D eigenvalue weighted by atomic mass is 15.3. The second-order valence-corrected chi connectivity index (χ2v) is 5.17. The Kier molecular flexibility index (Phi) is 4.55. The minimum Gasteiger partial charge on any atom is -0.369 e. The zero-order valence-corrected chi connectivity index (χ0v) is 11.5. The van der Waals surface area contributed by atoms with E-state index in [2.05, 4.69) is 34.5 Å². The van der Waals surface area contributed by atoms with Gasteiger partial charge in [0.15, 0.2) is 0 Å². The summed E-state index contributed by atoms with van der Waals surface area (Å²) in [5.74, 6) is 0.718. The van der Waals surface area contributed by atoms with Crippen LogP contribution in [0, 0.1) is 0 Å². The van der Waals surface area contributed by atoms with Gasteiger partial charge in [0.1, 0.15) is 0 Å². The van der Waals surface area contributed by atoms with Gasteiger partial charge in [-0.25, -0.2) is 0 Å². The Balaban J connectivity index is 2.09. The number of hydrogen-bond acceptors (Lipinski definition) is 2. The lowest BCUT2D eigenvalue weighted by molar-refractivity contribution is 0.443. The zero-order chi connectivity index (χ0) is 13.7. The van der Waals surface area contributed by atoms with E-state index >= 15 is 0 Å². The zero-order valence-electron chi connectivity index (χ0n) is 11.5. The van der Waals surface area contributed by atoms with Crippen molar-refractivity contribution in [1.82, 2.24) is 0 Å². The van der Waals surface area contributed by atoms with Gasteiger partial charge in [0.05, 0.1) is 5.71 Å². The van der Waals surface area contributed by atoms with Gasteiger partial charge in [0.2, 0.25) is 5.96 Å². The lowest BCUT2D eigenvalue weighted by atomic mass is 9.84. The van der Waals surface area contributed by atoms with E-state index in [-0.39, 0.29) is 5.96 Å². The third kappa shape index (κ3) is 3.81. The highest BCUT2D eigenvalue weighted by Gasteiger charge is 2.15. The first-order chi connectivity index (χ1) is 9.16. The van der Waals surface area contributed by atoms with Gasteiger partial charge in [-0.15, -0.1) is 5.10 Å². The maximum Gasteiger partial charge on any atom is 0.211 e. The van der Waals surface area contributed by atoms with Crippen LogP contribution in [0.25, 0.3) is 0 Å². The lowest BCUT2D eigenvalue weighted by Gasteiger charge is -2.22. The molecule has 19 heavy (non-hydrogen) atoms. The van der Waals surface area contributed by atoms with Gasteiger partial charge < -0.3 is 11.5 Å². The summed E-state index contributed by atoms with van der Waals surface area (Å²) in [6.07, 6.45) is 6.74. The molecule has 0 spiro atoms. The molecule has 1 aliphatic carbocycles. The molecule has 1 fully saturated rings. The molecular weight excluding hydrogens is 236 g/mol. The number of nitrogens with zero attached hydrogens (tertiary/aromatic N) is 2. The van der Waals surface area contributed by atoms with E-state index < -0.39 is 0 Å². The third-order valence-corrected chi connectivity index (χ3v) is 3.72. The fourth-order valence-corrected chi connectivity index (χ4v) is 2.62. The molecule has 4 heteroatoms. The van der Waals surface area contributed by atoms with Gasteiger partial charge in [0.25, 0.3) is 0 Å². The Bertz CT molecular complexity index is 463. The summed E-state index contributed by atoms with van der Waals surface area (Å²) in [6, 6.07) is 8.62. The molecule has 102 valence electrons. The van der Waals surface area contributed by atoms with E-state index in [1.165, 1.54) is 37.7 Å². The fourth-order valence-electron chi connectivity index (χ4n) is 2.62. The first-order valence-corrected chi connectivity index (χ1v) is 6.90. The predicted molar refractivity (Wildman–Crippen MR) is 80.3 cm³/mol. The molecule has 0 unspecified atom stereocenters. The quantitative estimate of drug-likeness (QED) is 0.497. The van der Waals surface area contributed by atoms with E-state index in [9.17, 15) is 0 Å². The SMILES string of the molecule is CC(=NN=C(N)N)c1ccc(C2CCCCC2)cc1. The molecule has 0 saturated heterocycles. The van der Waals surface area contributed by atoms with Crippen LogP contribution >= 0.6 is 0 Å². The van der Waals surface area contributed by atoms with Crippen LogP contribution in [0.3, 0.4) is 0 Å².